The SMILES string of the molecule is Cc1ccc(CC2SC(=S)NC2=O)cc1. The Labute approximate surface area is 98.4 Å². The molecule has 1 aliphatic heterocycles. The van der Waals surface area contributed by atoms with Gasteiger partial charge in [0.05, 0.1) is 5.25 Å². The van der Waals surface area contributed by atoms with E-state index in [1.165, 1.54) is 22.9 Å². The fourth-order valence-electron chi connectivity index (χ4n) is 1.47. The van der Waals surface area contributed by atoms with Gasteiger partial charge in [-0.1, -0.05) is 53.8 Å². The van der Waals surface area contributed by atoms with Crippen LogP contribution in [0.15, 0.2) is 24.3 Å². The summed E-state index contributed by atoms with van der Waals surface area (Å²) in [5.41, 5.74) is 2.41. The molecule has 4 heteroatoms. The first-order valence-electron chi connectivity index (χ1n) is 4.72. The highest BCUT2D eigenvalue weighted by molar-refractivity contribution is 8.24. The Hall–Kier alpha value is -0.870. The monoisotopic (exact) mass is 237 g/mol. The maximum Gasteiger partial charge on any atom is 0.239 e. The molecule has 1 unspecified atom stereocenters. The fourth-order valence-corrected chi connectivity index (χ4v) is 2.77. The van der Waals surface area contributed by atoms with Crippen LogP contribution in [0, 0.1) is 6.92 Å². The number of carbonyl (C=O) groups excluding carboxylic acids is 1. The van der Waals surface area contributed by atoms with Gasteiger partial charge in [-0.2, -0.15) is 0 Å². The highest BCUT2D eigenvalue weighted by atomic mass is 32.2. The zero-order valence-corrected chi connectivity index (χ0v) is 9.95. The van der Waals surface area contributed by atoms with E-state index in [4.69, 9.17) is 12.2 Å². The molecule has 1 aromatic carbocycles. The number of carbonyl (C=O) groups is 1. The Bertz CT molecular complexity index is 400. The van der Waals surface area contributed by atoms with Crippen molar-refractivity contribution in [3.63, 3.8) is 0 Å². The maximum atomic E-state index is 11.4. The number of thiocarbonyl (C=S) groups is 1. The standard InChI is InChI=1S/C11H11NOS2/c1-7-2-4-8(5-3-7)6-9-10(13)12-11(14)15-9/h2-5,9H,6H2,1H3,(H,12,13,14). The zero-order valence-electron chi connectivity index (χ0n) is 8.32. The molecular weight excluding hydrogens is 226 g/mol. The number of thioether (sulfide) groups is 1. The quantitative estimate of drug-likeness (QED) is 0.798. The Kier molecular flexibility index (Phi) is 3.07. The molecule has 0 aromatic heterocycles. The van der Waals surface area contributed by atoms with E-state index >= 15 is 0 Å². The number of benzene rings is 1. The number of aryl methyl sites for hydroxylation is 1. The van der Waals surface area contributed by atoms with E-state index in [2.05, 4.69) is 36.5 Å². The highest BCUT2D eigenvalue weighted by Gasteiger charge is 2.28. The summed E-state index contributed by atoms with van der Waals surface area (Å²) in [5.74, 6) is 0.0329. The van der Waals surface area contributed by atoms with Crippen molar-refractivity contribution >= 4 is 34.2 Å². The third-order valence-electron chi connectivity index (χ3n) is 2.31. The van der Waals surface area contributed by atoms with E-state index in [1.54, 1.807) is 0 Å². The summed E-state index contributed by atoms with van der Waals surface area (Å²) in [6.07, 6.45) is 0.747. The van der Waals surface area contributed by atoms with Crippen LogP contribution in [0.1, 0.15) is 11.1 Å². The summed E-state index contributed by atoms with van der Waals surface area (Å²) in [7, 11) is 0. The van der Waals surface area contributed by atoms with Crippen molar-refractivity contribution in [2.75, 3.05) is 0 Å². The molecule has 1 amide bonds. The second kappa shape index (κ2) is 4.33. The normalized spacial score (nSPS) is 20.5. The molecule has 1 heterocycles. The lowest BCUT2D eigenvalue weighted by Gasteiger charge is -2.05. The summed E-state index contributed by atoms with van der Waals surface area (Å²) in [6, 6.07) is 8.24. The maximum absolute atomic E-state index is 11.4. The third kappa shape index (κ3) is 2.58. The molecule has 0 aliphatic carbocycles. The lowest BCUT2D eigenvalue weighted by molar-refractivity contribution is -0.118. The van der Waals surface area contributed by atoms with Gasteiger partial charge in [-0.05, 0) is 18.9 Å². The second-order valence-electron chi connectivity index (χ2n) is 3.57. The van der Waals surface area contributed by atoms with E-state index in [-0.39, 0.29) is 11.2 Å². The van der Waals surface area contributed by atoms with Gasteiger partial charge in [-0.25, -0.2) is 0 Å². The van der Waals surface area contributed by atoms with Gasteiger partial charge in [0.15, 0.2) is 0 Å². The van der Waals surface area contributed by atoms with Gasteiger partial charge in [0, 0.05) is 0 Å². The number of hydrogen-bond acceptors (Lipinski definition) is 3. The zero-order chi connectivity index (χ0) is 10.8. The first-order chi connectivity index (χ1) is 7.15. The van der Waals surface area contributed by atoms with Crippen molar-refractivity contribution in [3.8, 4) is 0 Å². The van der Waals surface area contributed by atoms with E-state index in [9.17, 15) is 4.79 Å². The molecule has 0 saturated carbocycles. The van der Waals surface area contributed by atoms with Crippen LogP contribution in [0.5, 0.6) is 0 Å². The number of amides is 1. The molecule has 1 N–H and O–H groups in total. The van der Waals surface area contributed by atoms with Gasteiger partial charge < -0.3 is 5.32 Å². The molecule has 1 aromatic rings. The number of hydrogen-bond donors (Lipinski definition) is 1. The van der Waals surface area contributed by atoms with Crippen LogP contribution in [0.3, 0.4) is 0 Å². The molecular formula is C11H11NOS2. The fraction of sp³-hybridized carbons (Fsp3) is 0.273. The molecule has 1 aliphatic rings. The first-order valence-corrected chi connectivity index (χ1v) is 6.01. The van der Waals surface area contributed by atoms with E-state index in [1.807, 2.05) is 0 Å². The van der Waals surface area contributed by atoms with Crippen molar-refractivity contribution in [3.05, 3.63) is 35.4 Å². The summed E-state index contributed by atoms with van der Waals surface area (Å²) >= 11 is 6.38. The Balaban J connectivity index is 2.06. The van der Waals surface area contributed by atoms with Crippen LogP contribution in [0.4, 0.5) is 0 Å². The van der Waals surface area contributed by atoms with E-state index < -0.39 is 0 Å². The molecule has 78 valence electrons. The second-order valence-corrected chi connectivity index (χ2v) is 5.45. The molecule has 0 spiro atoms. The summed E-state index contributed by atoms with van der Waals surface area (Å²) in [5, 5.41) is 2.60. The minimum atomic E-state index is -0.0554. The lowest BCUT2D eigenvalue weighted by atomic mass is 10.1. The molecule has 15 heavy (non-hydrogen) atoms. The molecule has 1 saturated heterocycles. The van der Waals surface area contributed by atoms with Crippen molar-refractivity contribution in [2.45, 2.75) is 18.6 Å². The summed E-state index contributed by atoms with van der Waals surface area (Å²) in [6.45, 7) is 2.05. The van der Waals surface area contributed by atoms with E-state index in [0.717, 1.165) is 6.42 Å². The predicted molar refractivity (Wildman–Crippen MR) is 67.0 cm³/mol. The number of rotatable bonds is 2. The van der Waals surface area contributed by atoms with Crippen LogP contribution in [-0.2, 0) is 11.2 Å². The van der Waals surface area contributed by atoms with Crippen molar-refractivity contribution in [1.82, 2.24) is 5.32 Å². The van der Waals surface area contributed by atoms with Crippen molar-refractivity contribution < 1.29 is 4.79 Å². The van der Waals surface area contributed by atoms with Crippen LogP contribution in [0.25, 0.3) is 0 Å². The van der Waals surface area contributed by atoms with Crippen LogP contribution in [-0.4, -0.2) is 15.5 Å². The van der Waals surface area contributed by atoms with Gasteiger partial charge in [-0.3, -0.25) is 4.79 Å². The minimum Gasteiger partial charge on any atom is -0.311 e. The smallest absolute Gasteiger partial charge is 0.239 e. The van der Waals surface area contributed by atoms with Gasteiger partial charge in [0.2, 0.25) is 5.91 Å². The van der Waals surface area contributed by atoms with E-state index in [0.29, 0.717) is 4.32 Å². The van der Waals surface area contributed by atoms with Crippen molar-refractivity contribution in [1.29, 1.82) is 0 Å². The third-order valence-corrected chi connectivity index (χ3v) is 3.68. The molecule has 1 fully saturated rings. The number of nitrogens with one attached hydrogen (secondary N) is 1. The molecule has 2 rings (SSSR count). The minimum absolute atomic E-state index is 0.0329. The average Bonchev–Trinajstić information content (AvgIpc) is 2.49. The van der Waals surface area contributed by atoms with Gasteiger partial charge in [0.1, 0.15) is 4.32 Å². The van der Waals surface area contributed by atoms with Gasteiger partial charge in [-0.15, -0.1) is 0 Å². The van der Waals surface area contributed by atoms with Crippen molar-refractivity contribution in [2.24, 2.45) is 0 Å². The first kappa shape index (κ1) is 10.6. The summed E-state index contributed by atoms with van der Waals surface area (Å²) in [4.78, 5) is 11.4. The molecule has 0 bridgehead atoms. The predicted octanol–water partition coefficient (Wildman–Crippen LogP) is 2.05. The van der Waals surface area contributed by atoms with Gasteiger partial charge in [0.25, 0.3) is 0 Å². The molecule has 0 radical (unpaired) electrons. The molecule has 2 nitrogen and oxygen atoms in total. The molecule has 1 atom stereocenters. The van der Waals surface area contributed by atoms with Crippen LogP contribution < -0.4 is 5.32 Å². The summed E-state index contributed by atoms with van der Waals surface area (Å²) < 4.78 is 0.595. The largest absolute Gasteiger partial charge is 0.311 e. The highest BCUT2D eigenvalue weighted by Crippen LogP contribution is 2.23. The van der Waals surface area contributed by atoms with Gasteiger partial charge >= 0.3 is 0 Å². The topological polar surface area (TPSA) is 29.1 Å². The van der Waals surface area contributed by atoms with Crippen LogP contribution >= 0.6 is 24.0 Å². The Morgan fingerprint density at radius 1 is 1.40 bits per heavy atom. The lowest BCUT2D eigenvalue weighted by Crippen LogP contribution is -2.25. The Morgan fingerprint density at radius 2 is 2.07 bits per heavy atom. The van der Waals surface area contributed by atoms with Crippen LogP contribution in [0.2, 0.25) is 0 Å². The average molecular weight is 237 g/mol. The Morgan fingerprint density at radius 3 is 2.60 bits per heavy atom.